The van der Waals surface area contributed by atoms with Crippen LogP contribution in [-0.4, -0.2) is 64.1 Å². The van der Waals surface area contributed by atoms with Gasteiger partial charge < -0.3 is 39.4 Å². The van der Waals surface area contributed by atoms with Crippen LogP contribution in [0.4, 0.5) is 4.79 Å². The van der Waals surface area contributed by atoms with Crippen molar-refractivity contribution in [2.45, 2.75) is 26.1 Å². The molecule has 0 radical (unpaired) electrons. The van der Waals surface area contributed by atoms with Crippen LogP contribution in [0.5, 0.6) is 23.0 Å². The van der Waals surface area contributed by atoms with Crippen molar-refractivity contribution in [1.82, 2.24) is 16.1 Å². The summed E-state index contributed by atoms with van der Waals surface area (Å²) in [4.78, 5) is 24.5. The second-order valence-electron chi connectivity index (χ2n) is 8.03. The first-order valence-electron chi connectivity index (χ1n) is 11.8. The molecule has 12 heteroatoms. The lowest BCUT2D eigenvalue weighted by Crippen LogP contribution is -2.45. The fourth-order valence-electron chi connectivity index (χ4n) is 3.75. The fraction of sp³-hybridized carbons (Fsp3) is 0.346. The van der Waals surface area contributed by atoms with Gasteiger partial charge in [0.15, 0.2) is 29.2 Å². The second-order valence-corrected chi connectivity index (χ2v) is 8.03. The number of aliphatic hydroxyl groups is 1. The standard InChI is InChI=1S/C26H32N4O8/c1-6-37-21-12-17(24-23(25(32)36-5)15(2)28-26(33)29-24)8-10-19(21)38-14-22(31)30-27-13-16-7-9-18(34-3)20(11-16)35-4/h7-13,22,24,30-31H,6,14H2,1-5H3,(H2,28,29,33)/b27-13-/t22-,24+/m0/s1. The minimum absolute atomic E-state index is 0.140. The van der Waals surface area contributed by atoms with Crippen LogP contribution >= 0.6 is 0 Å². The molecule has 4 N–H and O–H groups in total. The highest BCUT2D eigenvalue weighted by atomic mass is 16.5. The summed E-state index contributed by atoms with van der Waals surface area (Å²) in [5.74, 6) is 1.32. The van der Waals surface area contributed by atoms with Gasteiger partial charge in [0, 0.05) is 5.70 Å². The zero-order valence-corrected chi connectivity index (χ0v) is 21.9. The van der Waals surface area contributed by atoms with Gasteiger partial charge in [0.05, 0.1) is 45.8 Å². The number of nitrogens with zero attached hydrogens (tertiary/aromatic N) is 1. The Kier molecular flexibility index (Phi) is 9.77. The van der Waals surface area contributed by atoms with E-state index in [0.29, 0.717) is 40.9 Å². The van der Waals surface area contributed by atoms with Crippen molar-refractivity contribution >= 4 is 18.2 Å². The highest BCUT2D eigenvalue weighted by molar-refractivity contribution is 5.95. The Bertz CT molecular complexity index is 1210. The minimum atomic E-state index is -1.12. The third-order valence-corrected chi connectivity index (χ3v) is 5.52. The van der Waals surface area contributed by atoms with Gasteiger partial charge in [-0.05, 0) is 55.3 Å². The molecule has 38 heavy (non-hydrogen) atoms. The number of urea groups is 1. The van der Waals surface area contributed by atoms with Gasteiger partial charge in [0.2, 0.25) is 0 Å². The number of hydrogen-bond donors (Lipinski definition) is 4. The van der Waals surface area contributed by atoms with Crippen molar-refractivity contribution in [3.05, 3.63) is 58.8 Å². The van der Waals surface area contributed by atoms with Crippen LogP contribution in [0.15, 0.2) is 52.8 Å². The first-order chi connectivity index (χ1) is 18.3. The molecule has 0 fully saturated rings. The fourth-order valence-corrected chi connectivity index (χ4v) is 3.75. The molecule has 1 aliphatic heterocycles. The summed E-state index contributed by atoms with van der Waals surface area (Å²) >= 11 is 0. The van der Waals surface area contributed by atoms with Crippen molar-refractivity contribution in [2.24, 2.45) is 5.10 Å². The van der Waals surface area contributed by atoms with Crippen LogP contribution in [0.3, 0.4) is 0 Å². The number of benzene rings is 2. The Balaban J connectivity index is 1.69. The molecule has 0 aromatic heterocycles. The zero-order valence-electron chi connectivity index (χ0n) is 21.9. The van der Waals surface area contributed by atoms with Crippen molar-refractivity contribution in [2.75, 3.05) is 34.5 Å². The number of nitrogens with one attached hydrogen (secondary N) is 3. The number of rotatable bonds is 12. The molecular weight excluding hydrogens is 496 g/mol. The summed E-state index contributed by atoms with van der Waals surface area (Å²) in [6.07, 6.45) is 0.397. The van der Waals surface area contributed by atoms with Crippen LogP contribution in [0, 0.1) is 0 Å². The number of esters is 1. The van der Waals surface area contributed by atoms with E-state index in [1.807, 2.05) is 6.92 Å². The van der Waals surface area contributed by atoms with Gasteiger partial charge >= 0.3 is 12.0 Å². The molecule has 0 spiro atoms. The Labute approximate surface area is 220 Å². The number of amides is 2. The Morgan fingerprint density at radius 2 is 1.82 bits per heavy atom. The number of hydrogen-bond acceptors (Lipinski definition) is 10. The Hall–Kier alpha value is -4.45. The van der Waals surface area contributed by atoms with E-state index in [1.54, 1.807) is 57.5 Å². The van der Waals surface area contributed by atoms with Gasteiger partial charge in [0.25, 0.3) is 0 Å². The van der Waals surface area contributed by atoms with Crippen molar-refractivity contribution in [3.8, 4) is 23.0 Å². The molecule has 2 aromatic carbocycles. The minimum Gasteiger partial charge on any atom is -0.493 e. The molecule has 1 heterocycles. The lowest BCUT2D eigenvalue weighted by atomic mass is 9.95. The molecule has 2 aromatic rings. The van der Waals surface area contributed by atoms with Gasteiger partial charge in [-0.2, -0.15) is 5.10 Å². The van der Waals surface area contributed by atoms with Gasteiger partial charge in [-0.1, -0.05) is 6.07 Å². The maximum absolute atomic E-state index is 12.4. The number of methoxy groups -OCH3 is 3. The van der Waals surface area contributed by atoms with Crippen LogP contribution < -0.4 is 35.0 Å². The lowest BCUT2D eigenvalue weighted by molar-refractivity contribution is -0.136. The molecule has 2 atom stereocenters. The van der Waals surface area contributed by atoms with Crippen LogP contribution in [0.2, 0.25) is 0 Å². The van der Waals surface area contributed by atoms with Crippen molar-refractivity contribution in [3.63, 3.8) is 0 Å². The number of carbonyl (C=O) groups is 2. The van der Waals surface area contributed by atoms with E-state index < -0.39 is 24.3 Å². The van der Waals surface area contributed by atoms with Gasteiger partial charge in [0.1, 0.15) is 6.61 Å². The van der Waals surface area contributed by atoms with Crippen LogP contribution in [0.1, 0.15) is 31.0 Å². The number of ether oxygens (including phenoxy) is 5. The average Bonchev–Trinajstić information content (AvgIpc) is 2.91. The molecule has 0 saturated heterocycles. The van der Waals surface area contributed by atoms with Crippen molar-refractivity contribution in [1.29, 1.82) is 0 Å². The number of hydrazone groups is 1. The first kappa shape index (κ1) is 28.1. The molecule has 0 unspecified atom stereocenters. The van der Waals surface area contributed by atoms with Gasteiger partial charge in [-0.15, -0.1) is 0 Å². The largest absolute Gasteiger partial charge is 0.493 e. The highest BCUT2D eigenvalue weighted by Crippen LogP contribution is 2.35. The van der Waals surface area contributed by atoms with E-state index in [2.05, 4.69) is 21.2 Å². The summed E-state index contributed by atoms with van der Waals surface area (Å²) in [7, 11) is 4.37. The quantitative estimate of drug-likeness (QED) is 0.141. The molecule has 0 aliphatic carbocycles. The number of allylic oxidation sites excluding steroid dienone is 1. The topological polar surface area (TPSA) is 149 Å². The lowest BCUT2D eigenvalue weighted by Gasteiger charge is -2.28. The molecule has 0 saturated carbocycles. The predicted molar refractivity (Wildman–Crippen MR) is 139 cm³/mol. The van der Waals surface area contributed by atoms with Gasteiger partial charge in [-0.25, -0.2) is 9.59 Å². The second kappa shape index (κ2) is 13.2. The third kappa shape index (κ3) is 6.85. The molecule has 1 aliphatic rings. The normalized spacial score (nSPS) is 15.8. The molecule has 2 amide bonds. The van der Waals surface area contributed by atoms with Crippen molar-refractivity contribution < 1.29 is 38.4 Å². The summed E-state index contributed by atoms with van der Waals surface area (Å²) in [6, 6.07) is 9.09. The van der Waals surface area contributed by atoms with Crippen LogP contribution in [-0.2, 0) is 9.53 Å². The summed E-state index contributed by atoms with van der Waals surface area (Å²) < 4.78 is 26.8. The summed E-state index contributed by atoms with van der Waals surface area (Å²) in [5, 5.41) is 19.6. The Morgan fingerprint density at radius 1 is 1.08 bits per heavy atom. The molecule has 0 bridgehead atoms. The van der Waals surface area contributed by atoms with E-state index in [-0.39, 0.29) is 12.2 Å². The predicted octanol–water partition coefficient (Wildman–Crippen LogP) is 2.22. The number of carbonyl (C=O) groups excluding carboxylic acids is 2. The zero-order chi connectivity index (χ0) is 27.7. The molecule has 3 rings (SSSR count). The third-order valence-electron chi connectivity index (χ3n) is 5.52. The molecule has 12 nitrogen and oxygen atoms in total. The highest BCUT2D eigenvalue weighted by Gasteiger charge is 2.32. The number of aliphatic hydroxyl groups excluding tert-OH is 1. The van der Waals surface area contributed by atoms with E-state index in [9.17, 15) is 14.7 Å². The monoisotopic (exact) mass is 528 g/mol. The molecule has 204 valence electrons. The van der Waals surface area contributed by atoms with E-state index in [0.717, 1.165) is 5.56 Å². The SMILES string of the molecule is CCOc1cc([C@H]2NC(=O)NC(C)=C2C(=O)OC)ccc1OC[C@H](O)N/N=C\c1ccc(OC)c(OC)c1. The van der Waals surface area contributed by atoms with E-state index >= 15 is 0 Å². The summed E-state index contributed by atoms with van der Waals surface area (Å²) in [6.45, 7) is 3.64. The maximum atomic E-state index is 12.4. The molecular formula is C26H32N4O8. The van der Waals surface area contributed by atoms with Crippen LogP contribution in [0.25, 0.3) is 0 Å². The van der Waals surface area contributed by atoms with Gasteiger partial charge in [-0.3, -0.25) is 5.43 Å². The average molecular weight is 529 g/mol. The first-order valence-corrected chi connectivity index (χ1v) is 11.8. The van der Waals surface area contributed by atoms with E-state index in [1.165, 1.54) is 13.3 Å². The maximum Gasteiger partial charge on any atom is 0.337 e. The smallest absolute Gasteiger partial charge is 0.337 e. The van der Waals surface area contributed by atoms with E-state index in [4.69, 9.17) is 23.7 Å². The Morgan fingerprint density at radius 3 is 2.50 bits per heavy atom. The summed E-state index contributed by atoms with van der Waals surface area (Å²) in [5.41, 5.74) is 4.59.